The van der Waals surface area contributed by atoms with Gasteiger partial charge >= 0.3 is 0 Å². The topological polar surface area (TPSA) is 49.6 Å². The summed E-state index contributed by atoms with van der Waals surface area (Å²) in [7, 11) is 1.59. The molecule has 0 aliphatic carbocycles. The highest BCUT2D eigenvalue weighted by Gasteiger charge is 2.39. The maximum atomic E-state index is 11.4. The number of rotatable bonds is 2. The highest BCUT2D eigenvalue weighted by atomic mass is 32.2. The van der Waals surface area contributed by atoms with Gasteiger partial charge in [-0.3, -0.25) is 9.11 Å². The molecule has 0 unspecified atom stereocenters. The summed E-state index contributed by atoms with van der Waals surface area (Å²) < 4.78 is 11.4. The minimum absolute atomic E-state index is 0.192. The van der Waals surface area contributed by atoms with Crippen LogP contribution in [0.1, 0.15) is 12.8 Å². The van der Waals surface area contributed by atoms with Gasteiger partial charge in [-0.05, 0) is 33.0 Å². The molecule has 0 radical (unpaired) electrons. The summed E-state index contributed by atoms with van der Waals surface area (Å²) >= 11 is 0. The molecule has 0 aromatic heterocycles. The highest BCUT2D eigenvalue weighted by Crippen LogP contribution is 2.28. The lowest BCUT2D eigenvalue weighted by molar-refractivity contribution is 0.0409. The second kappa shape index (κ2) is 5.12. The molecule has 2 aliphatic heterocycles. The van der Waals surface area contributed by atoms with Crippen LogP contribution in [0.5, 0.6) is 0 Å². The van der Waals surface area contributed by atoms with Gasteiger partial charge in [0.05, 0.1) is 0 Å². The Morgan fingerprint density at radius 1 is 1.19 bits per heavy atom. The normalized spacial score (nSPS) is 29.4. The van der Waals surface area contributed by atoms with Crippen LogP contribution < -0.4 is 5.73 Å². The maximum absolute atomic E-state index is 11.4. The molecule has 2 saturated heterocycles. The Bertz CT molecular complexity index is 254. The first kappa shape index (κ1) is 12.5. The second-order valence-corrected chi connectivity index (χ2v) is 6.76. The lowest BCUT2D eigenvalue weighted by atomic mass is 9.85. The van der Waals surface area contributed by atoms with E-state index < -0.39 is 10.8 Å². The van der Waals surface area contributed by atoms with E-state index in [1.54, 1.807) is 0 Å². The van der Waals surface area contributed by atoms with Gasteiger partial charge in [0.25, 0.3) is 0 Å². The quantitative estimate of drug-likeness (QED) is 0.711. The van der Waals surface area contributed by atoms with Gasteiger partial charge in [-0.25, -0.2) is 0 Å². The van der Waals surface area contributed by atoms with Gasteiger partial charge in [-0.15, -0.1) is 0 Å². The molecule has 2 rings (SSSR count). The van der Waals surface area contributed by atoms with E-state index in [1.807, 2.05) is 0 Å². The van der Waals surface area contributed by atoms with E-state index in [-0.39, 0.29) is 5.54 Å². The minimum Gasteiger partial charge on any atom is -0.329 e. The predicted octanol–water partition coefficient (Wildman–Crippen LogP) is -0.526. The first-order valence-corrected chi connectivity index (χ1v) is 7.64. The lowest BCUT2D eigenvalue weighted by Crippen LogP contribution is -2.61. The largest absolute Gasteiger partial charge is 0.329 e. The van der Waals surface area contributed by atoms with Crippen LogP contribution in [0.15, 0.2) is 0 Å². The standard InChI is InChI=1S/C11H23N3OS/c1-13-4-2-11(10-12,3-5-13)14-6-8-16(15)9-7-14/h2-10,12H2,1H3. The molecule has 2 fully saturated rings. The average molecular weight is 245 g/mol. The highest BCUT2D eigenvalue weighted by molar-refractivity contribution is 7.85. The molecule has 94 valence electrons. The fourth-order valence-electron chi connectivity index (χ4n) is 2.80. The molecule has 5 heteroatoms. The van der Waals surface area contributed by atoms with Crippen molar-refractivity contribution in [2.24, 2.45) is 5.73 Å². The third-order valence-corrected chi connectivity index (χ3v) is 5.42. The fourth-order valence-corrected chi connectivity index (χ4v) is 3.85. The number of nitrogens with zero attached hydrogens (tertiary/aromatic N) is 2. The number of piperidine rings is 1. The zero-order valence-corrected chi connectivity index (χ0v) is 11.0. The van der Waals surface area contributed by atoms with Crippen LogP contribution in [0.25, 0.3) is 0 Å². The summed E-state index contributed by atoms with van der Waals surface area (Å²) in [6.07, 6.45) is 2.32. The zero-order chi connectivity index (χ0) is 11.6. The van der Waals surface area contributed by atoms with Gasteiger partial charge in [-0.2, -0.15) is 0 Å². The summed E-state index contributed by atoms with van der Waals surface area (Å²) in [5.41, 5.74) is 6.20. The maximum Gasteiger partial charge on any atom is 0.0363 e. The Morgan fingerprint density at radius 3 is 2.25 bits per heavy atom. The van der Waals surface area contributed by atoms with Crippen LogP contribution >= 0.6 is 0 Å². The summed E-state index contributed by atoms with van der Waals surface area (Å²) in [4.78, 5) is 4.87. The second-order valence-electron chi connectivity index (χ2n) is 5.07. The van der Waals surface area contributed by atoms with Crippen LogP contribution in [0, 0.1) is 0 Å². The van der Waals surface area contributed by atoms with E-state index in [4.69, 9.17) is 5.73 Å². The van der Waals surface area contributed by atoms with Gasteiger partial charge < -0.3 is 10.6 Å². The van der Waals surface area contributed by atoms with Crippen LogP contribution in [0.2, 0.25) is 0 Å². The Morgan fingerprint density at radius 2 is 1.75 bits per heavy atom. The van der Waals surface area contributed by atoms with Crippen molar-refractivity contribution < 1.29 is 4.21 Å². The zero-order valence-electron chi connectivity index (χ0n) is 10.2. The van der Waals surface area contributed by atoms with Crippen LogP contribution in [-0.2, 0) is 10.8 Å². The SMILES string of the molecule is CN1CCC(CN)(N2CCS(=O)CC2)CC1. The van der Waals surface area contributed by atoms with E-state index in [2.05, 4.69) is 16.8 Å². The number of hydrogen-bond acceptors (Lipinski definition) is 4. The van der Waals surface area contributed by atoms with Gasteiger partial charge in [0.1, 0.15) is 0 Å². The Labute approximate surface area is 101 Å². The van der Waals surface area contributed by atoms with Crippen LogP contribution in [-0.4, -0.2) is 70.8 Å². The molecule has 2 N–H and O–H groups in total. The third kappa shape index (κ3) is 2.47. The van der Waals surface area contributed by atoms with Crippen LogP contribution in [0.3, 0.4) is 0 Å². The monoisotopic (exact) mass is 245 g/mol. The van der Waals surface area contributed by atoms with E-state index in [9.17, 15) is 4.21 Å². The van der Waals surface area contributed by atoms with E-state index in [1.165, 1.54) is 0 Å². The summed E-state index contributed by atoms with van der Waals surface area (Å²) in [5, 5.41) is 0. The van der Waals surface area contributed by atoms with E-state index in [0.29, 0.717) is 0 Å². The van der Waals surface area contributed by atoms with Crippen LogP contribution in [0.4, 0.5) is 0 Å². The molecule has 0 aromatic carbocycles. The molecule has 0 spiro atoms. The Hall–Kier alpha value is 0.0300. The molecule has 4 nitrogen and oxygen atoms in total. The van der Waals surface area contributed by atoms with Crippen molar-refractivity contribution in [3.05, 3.63) is 0 Å². The smallest absolute Gasteiger partial charge is 0.0363 e. The molecule has 0 aromatic rings. The minimum atomic E-state index is -0.585. The molecule has 0 saturated carbocycles. The van der Waals surface area contributed by atoms with Gasteiger partial charge in [0, 0.05) is 47.5 Å². The fraction of sp³-hybridized carbons (Fsp3) is 1.00. The van der Waals surface area contributed by atoms with Crippen molar-refractivity contribution in [2.45, 2.75) is 18.4 Å². The van der Waals surface area contributed by atoms with Crippen molar-refractivity contribution in [1.29, 1.82) is 0 Å². The Balaban J connectivity index is 2.01. The molecule has 0 amide bonds. The van der Waals surface area contributed by atoms with Crippen molar-refractivity contribution in [3.63, 3.8) is 0 Å². The molecular weight excluding hydrogens is 222 g/mol. The number of hydrogen-bond donors (Lipinski definition) is 1. The number of likely N-dealkylation sites (tertiary alicyclic amines) is 1. The van der Waals surface area contributed by atoms with Crippen molar-refractivity contribution in [2.75, 3.05) is 51.3 Å². The lowest BCUT2D eigenvalue weighted by Gasteiger charge is -2.49. The molecule has 2 heterocycles. The number of nitrogens with two attached hydrogens (primary N) is 1. The summed E-state index contributed by atoms with van der Waals surface area (Å²) in [6, 6.07) is 0. The van der Waals surface area contributed by atoms with Gasteiger partial charge in [0.2, 0.25) is 0 Å². The molecular formula is C11H23N3OS. The molecule has 2 aliphatic rings. The van der Waals surface area contributed by atoms with Crippen molar-refractivity contribution in [3.8, 4) is 0 Å². The predicted molar refractivity (Wildman–Crippen MR) is 68.0 cm³/mol. The average Bonchev–Trinajstić information content (AvgIpc) is 2.32. The van der Waals surface area contributed by atoms with Gasteiger partial charge in [-0.1, -0.05) is 0 Å². The molecule has 0 atom stereocenters. The Kier molecular flexibility index (Phi) is 4.00. The van der Waals surface area contributed by atoms with Crippen molar-refractivity contribution >= 4 is 10.8 Å². The van der Waals surface area contributed by atoms with Gasteiger partial charge in [0.15, 0.2) is 0 Å². The van der Waals surface area contributed by atoms with Crippen molar-refractivity contribution in [1.82, 2.24) is 9.80 Å². The first-order chi connectivity index (χ1) is 7.66. The summed E-state index contributed by atoms with van der Waals surface area (Å²) in [6.45, 7) is 4.95. The van der Waals surface area contributed by atoms with E-state index in [0.717, 1.165) is 57.1 Å². The third-order valence-electron chi connectivity index (χ3n) is 4.15. The molecule has 16 heavy (non-hydrogen) atoms. The summed E-state index contributed by atoms with van der Waals surface area (Å²) in [5.74, 6) is 1.66. The molecule has 0 bridgehead atoms. The van der Waals surface area contributed by atoms with E-state index >= 15 is 0 Å². The first-order valence-electron chi connectivity index (χ1n) is 6.15.